The molecule has 0 amide bonds. The van der Waals surface area contributed by atoms with E-state index in [1.165, 1.54) is 7.11 Å². The molecule has 0 aliphatic heterocycles. The molecule has 1 rings (SSSR count). The Morgan fingerprint density at radius 2 is 2.27 bits per heavy atom. The quantitative estimate of drug-likeness (QED) is 0.594. The summed E-state index contributed by atoms with van der Waals surface area (Å²) in [5.74, 6) is 0.111. The van der Waals surface area contributed by atoms with Crippen LogP contribution in [0.25, 0.3) is 0 Å². The number of hydrogen-bond donors (Lipinski definition) is 1. The number of esters is 1. The molecule has 15 heavy (non-hydrogen) atoms. The van der Waals surface area contributed by atoms with Crippen molar-refractivity contribution in [2.24, 2.45) is 0 Å². The van der Waals surface area contributed by atoms with E-state index in [1.807, 2.05) is 6.92 Å². The number of carbonyl (C=O) groups excluding carboxylic acids is 1. The summed E-state index contributed by atoms with van der Waals surface area (Å²) in [6, 6.07) is 3.22. The third-order valence-corrected chi connectivity index (χ3v) is 1.63. The summed E-state index contributed by atoms with van der Waals surface area (Å²) in [6.45, 7) is 6.28. The van der Waals surface area contributed by atoms with Gasteiger partial charge in [-0.1, -0.05) is 12.2 Å². The zero-order chi connectivity index (χ0) is 11.3. The van der Waals surface area contributed by atoms with Gasteiger partial charge in [-0.25, -0.2) is 4.79 Å². The minimum atomic E-state index is -0.492. The summed E-state index contributed by atoms with van der Waals surface area (Å²) in [5.41, 5.74) is 1.19. The zero-order valence-corrected chi connectivity index (χ0v) is 8.78. The van der Waals surface area contributed by atoms with Crippen LogP contribution in [0.2, 0.25) is 0 Å². The molecule has 0 aliphatic carbocycles. The summed E-state index contributed by atoms with van der Waals surface area (Å²) in [5, 5.41) is 10.5. The molecule has 0 unspecified atom stereocenters. The number of carbonyl (C=O) groups is 1. The van der Waals surface area contributed by atoms with Crippen molar-refractivity contribution in [3.05, 3.63) is 30.0 Å². The second-order valence-electron chi connectivity index (χ2n) is 3.11. The topological polar surface area (TPSA) is 64.1 Å². The number of rotatable bonds is 4. The average Bonchev–Trinajstić information content (AvgIpc) is 2.26. The highest BCUT2D eigenvalue weighted by Crippen LogP contribution is 2.03. The molecule has 0 spiro atoms. The Hall–Kier alpha value is -1.91. The Labute approximate surface area is 88.2 Å². The Kier molecular flexibility index (Phi) is 3.79. The van der Waals surface area contributed by atoms with Crippen LogP contribution in [0, 0.1) is 0 Å². The van der Waals surface area contributed by atoms with Gasteiger partial charge in [0.1, 0.15) is 5.82 Å². The van der Waals surface area contributed by atoms with Gasteiger partial charge in [-0.2, -0.15) is 0 Å². The second kappa shape index (κ2) is 5.09. The maximum Gasteiger partial charge on any atom is 0.358 e. The third kappa shape index (κ3) is 3.38. The van der Waals surface area contributed by atoms with E-state index in [9.17, 15) is 4.79 Å². The Morgan fingerprint density at radius 3 is 2.73 bits per heavy atom. The molecule has 0 aliphatic rings. The van der Waals surface area contributed by atoms with E-state index in [2.05, 4.69) is 26.8 Å². The lowest BCUT2D eigenvalue weighted by Gasteiger charge is -2.04. The fourth-order valence-corrected chi connectivity index (χ4v) is 0.881. The summed E-state index contributed by atoms with van der Waals surface area (Å²) in [4.78, 5) is 11.0. The Bertz CT molecular complexity index is 359. The first kappa shape index (κ1) is 11.2. The molecule has 0 saturated carbocycles. The van der Waals surface area contributed by atoms with Gasteiger partial charge in [-0.05, 0) is 19.1 Å². The number of hydrogen-bond acceptors (Lipinski definition) is 5. The van der Waals surface area contributed by atoms with Crippen LogP contribution in [0.3, 0.4) is 0 Å². The maximum atomic E-state index is 11.0. The van der Waals surface area contributed by atoms with E-state index in [0.717, 1.165) is 5.57 Å². The van der Waals surface area contributed by atoms with Gasteiger partial charge >= 0.3 is 5.97 Å². The smallest absolute Gasteiger partial charge is 0.358 e. The van der Waals surface area contributed by atoms with Gasteiger partial charge in [0.15, 0.2) is 5.69 Å². The van der Waals surface area contributed by atoms with E-state index >= 15 is 0 Å². The first-order valence-electron chi connectivity index (χ1n) is 4.44. The molecule has 1 aromatic heterocycles. The fourth-order valence-electron chi connectivity index (χ4n) is 0.881. The van der Waals surface area contributed by atoms with Crippen molar-refractivity contribution < 1.29 is 9.53 Å². The van der Waals surface area contributed by atoms with Crippen LogP contribution in [0.5, 0.6) is 0 Å². The molecule has 0 fully saturated rings. The van der Waals surface area contributed by atoms with Crippen LogP contribution in [-0.2, 0) is 4.74 Å². The SMILES string of the molecule is C=C(C)CNc1ccc(C(=O)OC)nn1. The monoisotopic (exact) mass is 207 g/mol. The van der Waals surface area contributed by atoms with Crippen molar-refractivity contribution in [2.75, 3.05) is 19.0 Å². The van der Waals surface area contributed by atoms with Gasteiger partial charge in [0.2, 0.25) is 0 Å². The molecule has 0 bridgehead atoms. The number of methoxy groups -OCH3 is 1. The van der Waals surface area contributed by atoms with Crippen LogP contribution in [-0.4, -0.2) is 29.8 Å². The molecule has 0 aromatic carbocycles. The Balaban J connectivity index is 2.64. The lowest BCUT2D eigenvalue weighted by atomic mass is 10.3. The largest absolute Gasteiger partial charge is 0.464 e. The van der Waals surface area contributed by atoms with E-state index in [4.69, 9.17) is 0 Å². The van der Waals surface area contributed by atoms with Gasteiger partial charge in [-0.15, -0.1) is 10.2 Å². The van der Waals surface area contributed by atoms with Gasteiger partial charge in [0.25, 0.3) is 0 Å². The number of aromatic nitrogens is 2. The average molecular weight is 207 g/mol. The minimum Gasteiger partial charge on any atom is -0.464 e. The molecule has 0 atom stereocenters. The number of nitrogens with one attached hydrogen (secondary N) is 1. The van der Waals surface area contributed by atoms with E-state index in [0.29, 0.717) is 12.4 Å². The zero-order valence-electron chi connectivity index (χ0n) is 8.78. The molecule has 80 valence electrons. The molecule has 0 saturated heterocycles. The van der Waals surface area contributed by atoms with Gasteiger partial charge in [0.05, 0.1) is 7.11 Å². The third-order valence-electron chi connectivity index (χ3n) is 1.63. The molecule has 0 radical (unpaired) electrons. The molecule has 5 nitrogen and oxygen atoms in total. The van der Waals surface area contributed by atoms with Crippen LogP contribution in [0.1, 0.15) is 17.4 Å². The second-order valence-corrected chi connectivity index (χ2v) is 3.11. The minimum absolute atomic E-state index is 0.193. The van der Waals surface area contributed by atoms with E-state index in [-0.39, 0.29) is 5.69 Å². The van der Waals surface area contributed by atoms with Crippen molar-refractivity contribution in [1.82, 2.24) is 10.2 Å². The van der Waals surface area contributed by atoms with Gasteiger partial charge in [-0.3, -0.25) is 0 Å². The first-order valence-corrected chi connectivity index (χ1v) is 4.44. The van der Waals surface area contributed by atoms with Gasteiger partial charge < -0.3 is 10.1 Å². The molecular formula is C10H13N3O2. The normalized spacial score (nSPS) is 9.47. The summed E-state index contributed by atoms with van der Waals surface area (Å²) in [6.07, 6.45) is 0. The number of nitrogens with zero attached hydrogens (tertiary/aromatic N) is 2. The lowest BCUT2D eigenvalue weighted by molar-refractivity contribution is 0.0593. The molecule has 1 heterocycles. The van der Waals surface area contributed by atoms with Crippen LogP contribution >= 0.6 is 0 Å². The Morgan fingerprint density at radius 1 is 1.53 bits per heavy atom. The first-order chi connectivity index (χ1) is 7.13. The summed E-state index contributed by atoms with van der Waals surface area (Å²) < 4.78 is 4.50. The van der Waals surface area contributed by atoms with E-state index in [1.54, 1.807) is 12.1 Å². The predicted molar refractivity (Wildman–Crippen MR) is 56.7 cm³/mol. The lowest BCUT2D eigenvalue weighted by Crippen LogP contribution is -2.08. The van der Waals surface area contributed by atoms with Crippen molar-refractivity contribution in [3.63, 3.8) is 0 Å². The van der Waals surface area contributed by atoms with Crippen LogP contribution in [0.15, 0.2) is 24.3 Å². The van der Waals surface area contributed by atoms with Crippen molar-refractivity contribution in [2.45, 2.75) is 6.92 Å². The number of ether oxygens (including phenoxy) is 1. The van der Waals surface area contributed by atoms with Crippen LogP contribution < -0.4 is 5.32 Å². The molecule has 5 heteroatoms. The standard InChI is InChI=1S/C10H13N3O2/c1-7(2)6-11-9-5-4-8(12-13-9)10(14)15-3/h4-5H,1,6H2,2-3H3,(H,11,13). The van der Waals surface area contributed by atoms with Crippen molar-refractivity contribution in [1.29, 1.82) is 0 Å². The molecular weight excluding hydrogens is 194 g/mol. The number of anilines is 1. The predicted octanol–water partition coefficient (Wildman–Crippen LogP) is 1.25. The maximum absolute atomic E-state index is 11.0. The van der Waals surface area contributed by atoms with Crippen LogP contribution in [0.4, 0.5) is 5.82 Å². The summed E-state index contributed by atoms with van der Waals surface area (Å²) >= 11 is 0. The highest BCUT2D eigenvalue weighted by Gasteiger charge is 2.06. The van der Waals surface area contributed by atoms with Crippen molar-refractivity contribution in [3.8, 4) is 0 Å². The highest BCUT2D eigenvalue weighted by atomic mass is 16.5. The van der Waals surface area contributed by atoms with Gasteiger partial charge in [0, 0.05) is 6.54 Å². The fraction of sp³-hybridized carbons (Fsp3) is 0.300. The molecule has 1 aromatic rings. The highest BCUT2D eigenvalue weighted by molar-refractivity contribution is 5.86. The van der Waals surface area contributed by atoms with Crippen molar-refractivity contribution >= 4 is 11.8 Å². The summed E-state index contributed by atoms with van der Waals surface area (Å²) in [7, 11) is 1.30. The molecule has 1 N–H and O–H groups in total. The van der Waals surface area contributed by atoms with E-state index < -0.39 is 5.97 Å².